The third kappa shape index (κ3) is 8.44. The predicted molar refractivity (Wildman–Crippen MR) is 298 cm³/mol. The lowest BCUT2D eigenvalue weighted by atomic mass is 9.98. The summed E-state index contributed by atoms with van der Waals surface area (Å²) in [6.07, 6.45) is 4.08. The number of aromatic nitrogens is 3. The maximum absolute atomic E-state index is 5.16. The molecule has 0 atom stereocenters. The van der Waals surface area contributed by atoms with Gasteiger partial charge >= 0.3 is 0 Å². The van der Waals surface area contributed by atoms with E-state index < -0.39 is 16.1 Å². The Kier molecular flexibility index (Phi) is 11.5. The van der Waals surface area contributed by atoms with Crippen LogP contribution >= 0.6 is 0 Å². The molecule has 3 aromatic heterocycles. The van der Waals surface area contributed by atoms with Crippen molar-refractivity contribution in [1.29, 1.82) is 0 Å². The Labute approximate surface area is 404 Å². The van der Waals surface area contributed by atoms with Crippen molar-refractivity contribution in [3.8, 4) is 50.5 Å². The summed E-state index contributed by atoms with van der Waals surface area (Å²) >= 11 is 0. The van der Waals surface area contributed by atoms with Gasteiger partial charge in [-0.3, -0.25) is 9.97 Å². The molecule has 0 saturated heterocycles. The summed E-state index contributed by atoms with van der Waals surface area (Å²) in [6.45, 7) is 23.6. The lowest BCUT2D eigenvalue weighted by Crippen LogP contribution is -2.38. The second-order valence-corrected chi connectivity index (χ2v) is 30.8. The molecule has 0 unspecified atom stereocenters. The summed E-state index contributed by atoms with van der Waals surface area (Å²) in [5, 5.41) is 5.28. The minimum Gasteiger partial charge on any atom is -0.310 e. The zero-order chi connectivity index (χ0) is 47.5. The van der Waals surface area contributed by atoms with Crippen LogP contribution in [-0.2, 0) is 0 Å². The van der Waals surface area contributed by atoms with Gasteiger partial charge in [0.25, 0.3) is 0 Å². The lowest BCUT2D eigenvalue weighted by Gasteiger charge is -2.33. The van der Waals surface area contributed by atoms with Gasteiger partial charge in [-0.15, -0.1) is 0 Å². The maximum atomic E-state index is 5.16. The number of anilines is 3. The van der Waals surface area contributed by atoms with E-state index in [2.05, 4.69) is 246 Å². The van der Waals surface area contributed by atoms with E-state index in [0.29, 0.717) is 0 Å². The molecule has 0 aliphatic heterocycles. The number of aryl methyl sites for hydroxylation is 4. The van der Waals surface area contributed by atoms with Crippen LogP contribution < -0.4 is 15.3 Å². The SMILES string of the molecule is Cc1cnc(-c2cc(N(c3cc(-c4cc(-c5ccccc5)c(C)cn4)cc([Si](C)(C)C)c3)c3c(C)cc(-n4c5ccccc5c5ccccc54)cc3C)cc([Si](C)(C)C)c2)cc1-c1ccccc1. The van der Waals surface area contributed by atoms with Crippen LogP contribution in [-0.4, -0.2) is 30.7 Å². The molecule has 10 aromatic rings. The van der Waals surface area contributed by atoms with E-state index in [1.54, 1.807) is 0 Å². The second kappa shape index (κ2) is 17.5. The van der Waals surface area contributed by atoms with E-state index in [4.69, 9.17) is 9.97 Å². The van der Waals surface area contributed by atoms with Crippen molar-refractivity contribution in [2.45, 2.75) is 67.0 Å². The highest BCUT2D eigenvalue weighted by Gasteiger charge is 2.27. The summed E-state index contributed by atoms with van der Waals surface area (Å²) in [6, 6.07) is 62.9. The summed E-state index contributed by atoms with van der Waals surface area (Å²) in [7, 11) is -3.80. The van der Waals surface area contributed by atoms with Crippen LogP contribution in [0.15, 0.2) is 182 Å². The molecule has 3 heterocycles. The summed E-state index contributed by atoms with van der Waals surface area (Å²) < 4.78 is 2.44. The van der Waals surface area contributed by atoms with Crippen molar-refractivity contribution in [2.24, 2.45) is 0 Å². The molecule has 10 rings (SSSR count). The van der Waals surface area contributed by atoms with Gasteiger partial charge in [-0.2, -0.15) is 0 Å². The van der Waals surface area contributed by atoms with Crippen LogP contribution in [0.25, 0.3) is 72.3 Å². The number of para-hydroxylation sites is 2. The molecule has 0 spiro atoms. The first kappa shape index (κ1) is 44.7. The highest BCUT2D eigenvalue weighted by atomic mass is 28.3. The van der Waals surface area contributed by atoms with Crippen molar-refractivity contribution < 1.29 is 0 Å². The van der Waals surface area contributed by atoms with Crippen LogP contribution in [0.4, 0.5) is 17.1 Å². The average Bonchev–Trinajstić information content (AvgIpc) is 3.67. The van der Waals surface area contributed by atoms with Gasteiger partial charge in [0.15, 0.2) is 0 Å². The first-order valence-corrected chi connectivity index (χ1v) is 30.9. The van der Waals surface area contributed by atoms with E-state index in [1.165, 1.54) is 71.2 Å². The molecule has 0 aliphatic rings. The topological polar surface area (TPSA) is 34.0 Å². The molecule has 7 aromatic carbocycles. The zero-order valence-corrected chi connectivity index (χ0v) is 43.1. The maximum Gasteiger partial charge on any atom is 0.0777 e. The third-order valence-corrected chi connectivity index (χ3v) is 17.6. The Balaban J connectivity index is 1.24. The van der Waals surface area contributed by atoms with Crippen molar-refractivity contribution in [1.82, 2.24) is 14.5 Å². The molecular formula is C62H60N4Si2. The molecule has 0 fully saturated rings. The fraction of sp³-hybridized carbons (Fsp3) is 0.161. The van der Waals surface area contributed by atoms with Gasteiger partial charge in [-0.25, -0.2) is 0 Å². The molecule has 0 N–H and O–H groups in total. The van der Waals surface area contributed by atoms with E-state index in [-0.39, 0.29) is 0 Å². The Morgan fingerprint density at radius 1 is 0.397 bits per heavy atom. The Hall–Kier alpha value is -7.13. The quantitative estimate of drug-likeness (QED) is 0.128. The number of hydrogen-bond donors (Lipinski definition) is 0. The van der Waals surface area contributed by atoms with Crippen LogP contribution in [0, 0.1) is 27.7 Å². The predicted octanol–water partition coefficient (Wildman–Crippen LogP) is 16.0. The smallest absolute Gasteiger partial charge is 0.0777 e. The van der Waals surface area contributed by atoms with Gasteiger partial charge in [0.2, 0.25) is 0 Å². The summed E-state index contributed by atoms with van der Waals surface area (Å²) in [4.78, 5) is 12.9. The number of pyridine rings is 2. The largest absolute Gasteiger partial charge is 0.310 e. The number of fused-ring (bicyclic) bond motifs is 3. The first-order valence-electron chi connectivity index (χ1n) is 23.9. The number of rotatable bonds is 10. The molecule has 0 amide bonds. The molecule has 0 saturated carbocycles. The molecule has 0 bridgehead atoms. The summed E-state index contributed by atoms with van der Waals surface area (Å²) in [5.74, 6) is 0. The van der Waals surface area contributed by atoms with Crippen LogP contribution in [0.1, 0.15) is 22.3 Å². The zero-order valence-electron chi connectivity index (χ0n) is 41.1. The van der Waals surface area contributed by atoms with Crippen molar-refractivity contribution in [2.75, 3.05) is 4.90 Å². The van der Waals surface area contributed by atoms with E-state index in [1.807, 2.05) is 12.4 Å². The Morgan fingerprint density at radius 2 is 0.794 bits per heavy atom. The van der Waals surface area contributed by atoms with Crippen LogP contribution in [0.5, 0.6) is 0 Å². The number of hydrogen-bond acceptors (Lipinski definition) is 3. The van der Waals surface area contributed by atoms with Gasteiger partial charge in [0.05, 0.1) is 44.3 Å². The van der Waals surface area contributed by atoms with E-state index in [9.17, 15) is 0 Å². The van der Waals surface area contributed by atoms with Gasteiger partial charge < -0.3 is 9.47 Å². The highest BCUT2D eigenvalue weighted by molar-refractivity contribution is 6.89. The number of nitrogens with zero attached hydrogens (tertiary/aromatic N) is 4. The van der Waals surface area contributed by atoms with Crippen molar-refractivity contribution in [3.63, 3.8) is 0 Å². The second-order valence-electron chi connectivity index (χ2n) is 20.7. The van der Waals surface area contributed by atoms with Crippen molar-refractivity contribution >= 4 is 65.4 Å². The number of benzene rings is 7. The molecule has 6 heteroatoms. The minimum atomic E-state index is -1.90. The van der Waals surface area contributed by atoms with Crippen LogP contribution in [0.3, 0.4) is 0 Å². The van der Waals surface area contributed by atoms with Gasteiger partial charge in [0, 0.05) is 51.4 Å². The average molecular weight is 917 g/mol. The molecule has 336 valence electrons. The summed E-state index contributed by atoms with van der Waals surface area (Å²) in [5.41, 5.74) is 20.7. The molecule has 68 heavy (non-hydrogen) atoms. The fourth-order valence-corrected chi connectivity index (χ4v) is 12.2. The van der Waals surface area contributed by atoms with Crippen LogP contribution in [0.2, 0.25) is 39.3 Å². The Bertz CT molecular complexity index is 3300. The molecule has 4 nitrogen and oxygen atoms in total. The minimum absolute atomic E-state index is 0.972. The highest BCUT2D eigenvalue weighted by Crippen LogP contribution is 2.44. The molecular weight excluding hydrogens is 857 g/mol. The van der Waals surface area contributed by atoms with Crippen molar-refractivity contribution in [3.05, 3.63) is 205 Å². The molecule has 0 aliphatic carbocycles. The standard InChI is InChI=1S/C62H60N4Si2/c1-41-29-49(66-60-27-19-17-25-54(60)55-26-18-20-28-61(55)66)30-42(2)62(41)65(50-31-47(33-52(35-50)67(5,6)7)58-37-56(43(3)39-63-58)45-21-13-11-14-22-45)51-32-48(34-53(36-51)68(8,9)10)59-38-57(44(4)40-64-59)46-23-15-12-16-24-46/h11-40H,1-10H3. The normalized spacial score (nSPS) is 12.0. The van der Waals surface area contributed by atoms with E-state index >= 15 is 0 Å². The molecule has 0 radical (unpaired) electrons. The lowest BCUT2D eigenvalue weighted by molar-refractivity contribution is 1.14. The van der Waals surface area contributed by atoms with Gasteiger partial charge in [0.1, 0.15) is 0 Å². The monoisotopic (exact) mass is 916 g/mol. The first-order chi connectivity index (χ1) is 32.6. The van der Waals surface area contributed by atoms with Gasteiger partial charge in [-0.1, -0.05) is 159 Å². The third-order valence-electron chi connectivity index (χ3n) is 13.6. The fourth-order valence-electron chi connectivity index (χ4n) is 9.89. The Morgan fingerprint density at radius 3 is 1.21 bits per heavy atom. The van der Waals surface area contributed by atoms with E-state index in [0.717, 1.165) is 50.7 Å². The van der Waals surface area contributed by atoms with Gasteiger partial charge in [-0.05, 0) is 133 Å².